The second-order valence-corrected chi connectivity index (χ2v) is 4.31. The first-order chi connectivity index (χ1) is 5.77. The van der Waals surface area contributed by atoms with E-state index in [1.807, 2.05) is 0 Å². The van der Waals surface area contributed by atoms with Gasteiger partial charge in [0.2, 0.25) is 0 Å². The molecule has 0 aromatic rings. The highest BCUT2D eigenvalue weighted by Gasteiger charge is 2.33. The molecule has 0 radical (unpaired) electrons. The fourth-order valence-corrected chi connectivity index (χ4v) is 2.25. The normalized spacial score (nSPS) is 35.0. The summed E-state index contributed by atoms with van der Waals surface area (Å²) >= 11 is 0. The minimum absolute atomic E-state index is 0.441. The van der Waals surface area contributed by atoms with Crippen molar-refractivity contribution in [2.24, 2.45) is 17.6 Å². The molecule has 2 atom stereocenters. The zero-order valence-electron chi connectivity index (χ0n) is 7.79. The maximum Gasteiger partial charge on any atom is 0.0133 e. The van der Waals surface area contributed by atoms with E-state index in [9.17, 15) is 0 Å². The van der Waals surface area contributed by atoms with Crippen molar-refractivity contribution < 1.29 is 0 Å². The molecule has 2 aliphatic rings. The fourth-order valence-electron chi connectivity index (χ4n) is 2.25. The number of hydrogen-bond acceptors (Lipinski definition) is 3. The summed E-state index contributed by atoms with van der Waals surface area (Å²) in [4.78, 5) is 2.39. The average Bonchev–Trinajstić information content (AvgIpc) is 2.31. The highest BCUT2D eigenvalue weighted by molar-refractivity contribution is 4.91. The van der Waals surface area contributed by atoms with Crippen LogP contribution in [0, 0.1) is 11.8 Å². The van der Waals surface area contributed by atoms with Crippen LogP contribution >= 0.6 is 0 Å². The number of nitrogens with one attached hydrogen (secondary N) is 1. The zero-order chi connectivity index (χ0) is 8.55. The summed E-state index contributed by atoms with van der Waals surface area (Å²) in [5.74, 6) is 1.50. The molecule has 3 N–H and O–H groups in total. The fraction of sp³-hybridized carbons (Fsp3) is 1.00. The van der Waals surface area contributed by atoms with E-state index in [4.69, 9.17) is 5.73 Å². The Labute approximate surface area is 74.3 Å². The molecule has 0 aromatic carbocycles. The predicted octanol–water partition coefficient (Wildman–Crippen LogP) is -0.515. The molecule has 3 heteroatoms. The van der Waals surface area contributed by atoms with Crippen LogP contribution in [0.25, 0.3) is 0 Å². The van der Waals surface area contributed by atoms with Crippen molar-refractivity contribution in [2.75, 3.05) is 33.2 Å². The molecule has 70 valence electrons. The molecule has 0 spiro atoms. The summed E-state index contributed by atoms with van der Waals surface area (Å²) in [6.07, 6.45) is 1.30. The molecular formula is C9H19N3. The van der Waals surface area contributed by atoms with Crippen molar-refractivity contribution in [1.29, 1.82) is 0 Å². The highest BCUT2D eigenvalue weighted by atomic mass is 15.1. The van der Waals surface area contributed by atoms with Gasteiger partial charge in [0.1, 0.15) is 0 Å². The Morgan fingerprint density at radius 1 is 1.42 bits per heavy atom. The minimum atomic E-state index is 0.441. The summed E-state index contributed by atoms with van der Waals surface area (Å²) in [7, 11) is 2.19. The van der Waals surface area contributed by atoms with E-state index < -0.39 is 0 Å². The lowest BCUT2D eigenvalue weighted by Crippen LogP contribution is -2.54. The lowest BCUT2D eigenvalue weighted by Gasteiger charge is -2.35. The van der Waals surface area contributed by atoms with Crippen LogP contribution in [-0.2, 0) is 0 Å². The smallest absolute Gasteiger partial charge is 0.0133 e. The van der Waals surface area contributed by atoms with Gasteiger partial charge in [-0.2, -0.15) is 0 Å². The van der Waals surface area contributed by atoms with Gasteiger partial charge in [-0.3, -0.25) is 0 Å². The molecule has 0 bridgehead atoms. The van der Waals surface area contributed by atoms with Crippen LogP contribution in [0.4, 0.5) is 0 Å². The van der Waals surface area contributed by atoms with Gasteiger partial charge in [0, 0.05) is 25.7 Å². The van der Waals surface area contributed by atoms with Crippen molar-refractivity contribution in [1.82, 2.24) is 10.2 Å². The Morgan fingerprint density at radius 3 is 2.58 bits per heavy atom. The average molecular weight is 169 g/mol. The SMILES string of the molecule is CN1CCC(C(N)C2CNC2)C1. The van der Waals surface area contributed by atoms with Crippen LogP contribution in [0.15, 0.2) is 0 Å². The van der Waals surface area contributed by atoms with Crippen LogP contribution in [0.5, 0.6) is 0 Å². The van der Waals surface area contributed by atoms with Crippen molar-refractivity contribution >= 4 is 0 Å². The molecule has 2 rings (SSSR count). The van der Waals surface area contributed by atoms with Gasteiger partial charge in [0.25, 0.3) is 0 Å². The van der Waals surface area contributed by atoms with E-state index in [-0.39, 0.29) is 0 Å². The van der Waals surface area contributed by atoms with Gasteiger partial charge in [-0.1, -0.05) is 0 Å². The molecule has 0 aromatic heterocycles. The molecule has 2 heterocycles. The van der Waals surface area contributed by atoms with Gasteiger partial charge >= 0.3 is 0 Å². The topological polar surface area (TPSA) is 41.3 Å². The maximum absolute atomic E-state index is 6.18. The van der Waals surface area contributed by atoms with Crippen molar-refractivity contribution in [2.45, 2.75) is 12.5 Å². The van der Waals surface area contributed by atoms with E-state index in [0.29, 0.717) is 6.04 Å². The third kappa shape index (κ3) is 1.49. The monoisotopic (exact) mass is 169 g/mol. The van der Waals surface area contributed by atoms with Gasteiger partial charge < -0.3 is 16.0 Å². The summed E-state index contributed by atoms with van der Waals surface area (Å²) in [6, 6.07) is 0.441. The van der Waals surface area contributed by atoms with Gasteiger partial charge in [-0.25, -0.2) is 0 Å². The Balaban J connectivity index is 1.83. The number of hydrogen-bond donors (Lipinski definition) is 2. The number of likely N-dealkylation sites (tertiary alicyclic amines) is 1. The Hall–Kier alpha value is -0.120. The van der Waals surface area contributed by atoms with Crippen LogP contribution in [0.1, 0.15) is 6.42 Å². The zero-order valence-corrected chi connectivity index (χ0v) is 7.79. The molecule has 2 fully saturated rings. The standard InChI is InChI=1S/C9H19N3/c1-12-3-2-7(6-12)9(10)8-4-11-5-8/h7-9,11H,2-6,10H2,1H3. The van der Waals surface area contributed by atoms with Crippen LogP contribution in [0.3, 0.4) is 0 Å². The lowest BCUT2D eigenvalue weighted by atomic mass is 9.85. The Kier molecular flexibility index (Phi) is 2.35. The molecule has 3 nitrogen and oxygen atoms in total. The molecule has 0 saturated carbocycles. The van der Waals surface area contributed by atoms with E-state index in [1.54, 1.807) is 0 Å². The molecule has 0 amide bonds. The maximum atomic E-state index is 6.18. The van der Waals surface area contributed by atoms with Crippen molar-refractivity contribution in [3.05, 3.63) is 0 Å². The number of nitrogens with zero attached hydrogens (tertiary/aromatic N) is 1. The lowest BCUT2D eigenvalue weighted by molar-refractivity contribution is 0.231. The van der Waals surface area contributed by atoms with E-state index in [0.717, 1.165) is 24.9 Å². The van der Waals surface area contributed by atoms with Crippen molar-refractivity contribution in [3.8, 4) is 0 Å². The minimum Gasteiger partial charge on any atom is -0.327 e. The molecular weight excluding hydrogens is 150 g/mol. The third-order valence-corrected chi connectivity index (χ3v) is 3.33. The summed E-state index contributed by atoms with van der Waals surface area (Å²) < 4.78 is 0. The summed E-state index contributed by atoms with van der Waals surface area (Å²) in [6.45, 7) is 4.72. The largest absolute Gasteiger partial charge is 0.327 e. The number of nitrogens with two attached hydrogens (primary N) is 1. The second-order valence-electron chi connectivity index (χ2n) is 4.31. The Bertz CT molecular complexity index is 156. The van der Waals surface area contributed by atoms with Gasteiger partial charge in [0.15, 0.2) is 0 Å². The first-order valence-corrected chi connectivity index (χ1v) is 4.92. The Morgan fingerprint density at radius 2 is 2.17 bits per heavy atom. The van der Waals surface area contributed by atoms with Gasteiger partial charge in [0.05, 0.1) is 0 Å². The number of rotatable bonds is 2. The second kappa shape index (κ2) is 3.32. The highest BCUT2D eigenvalue weighted by Crippen LogP contribution is 2.23. The van der Waals surface area contributed by atoms with Crippen molar-refractivity contribution in [3.63, 3.8) is 0 Å². The molecule has 0 aliphatic carbocycles. The summed E-state index contributed by atoms with van der Waals surface area (Å²) in [5, 5.41) is 3.28. The van der Waals surface area contributed by atoms with Crippen LogP contribution in [-0.4, -0.2) is 44.2 Å². The molecule has 2 unspecified atom stereocenters. The first kappa shape index (κ1) is 8.48. The molecule has 12 heavy (non-hydrogen) atoms. The third-order valence-electron chi connectivity index (χ3n) is 3.33. The summed E-state index contributed by atoms with van der Waals surface area (Å²) in [5.41, 5.74) is 6.18. The van der Waals surface area contributed by atoms with Crippen LogP contribution < -0.4 is 11.1 Å². The van der Waals surface area contributed by atoms with Gasteiger partial charge in [-0.15, -0.1) is 0 Å². The quantitative estimate of drug-likeness (QED) is 0.585. The van der Waals surface area contributed by atoms with Gasteiger partial charge in [-0.05, 0) is 31.8 Å². The first-order valence-electron chi connectivity index (χ1n) is 4.92. The molecule has 2 saturated heterocycles. The predicted molar refractivity (Wildman–Crippen MR) is 49.9 cm³/mol. The van der Waals surface area contributed by atoms with E-state index >= 15 is 0 Å². The molecule has 2 aliphatic heterocycles. The van der Waals surface area contributed by atoms with Crippen LogP contribution in [0.2, 0.25) is 0 Å². The van der Waals surface area contributed by atoms with E-state index in [2.05, 4.69) is 17.3 Å². The van der Waals surface area contributed by atoms with E-state index in [1.165, 1.54) is 19.5 Å².